The topological polar surface area (TPSA) is 55.2 Å². The van der Waals surface area contributed by atoms with Gasteiger partial charge in [-0.05, 0) is 32.6 Å². The van der Waals surface area contributed by atoms with Gasteiger partial charge in [-0.2, -0.15) is 11.8 Å². The number of thioether (sulfide) groups is 1. The average Bonchev–Trinajstić information content (AvgIpc) is 2.39. The Morgan fingerprint density at radius 1 is 1.32 bits per heavy atom. The van der Waals surface area contributed by atoms with E-state index < -0.39 is 5.60 Å². The molecule has 0 amide bonds. The van der Waals surface area contributed by atoms with Gasteiger partial charge in [0, 0.05) is 28.5 Å². The normalized spacial score (nSPS) is 34.0. The average molecular weight is 280 g/mol. The number of rotatable bonds is 3. The summed E-state index contributed by atoms with van der Waals surface area (Å²) in [6.07, 6.45) is 8.85. The van der Waals surface area contributed by atoms with Crippen LogP contribution in [0.4, 0.5) is 0 Å². The van der Waals surface area contributed by atoms with Crippen LogP contribution in [-0.4, -0.2) is 32.2 Å². The number of ether oxygens (including phenoxy) is 1. The van der Waals surface area contributed by atoms with Crippen LogP contribution in [-0.2, 0) is 5.60 Å². The van der Waals surface area contributed by atoms with Gasteiger partial charge in [-0.3, -0.25) is 0 Å². The summed E-state index contributed by atoms with van der Waals surface area (Å²) >= 11 is 2.06. The van der Waals surface area contributed by atoms with E-state index in [1.165, 1.54) is 19.3 Å². The molecule has 2 fully saturated rings. The summed E-state index contributed by atoms with van der Waals surface area (Å²) in [6.45, 7) is 2.47. The predicted molar refractivity (Wildman–Crippen MR) is 75.3 cm³/mol. The van der Waals surface area contributed by atoms with Crippen LogP contribution < -0.4 is 4.74 Å². The highest BCUT2D eigenvalue weighted by Crippen LogP contribution is 2.49. The lowest BCUT2D eigenvalue weighted by Gasteiger charge is -2.43. The van der Waals surface area contributed by atoms with E-state index in [4.69, 9.17) is 4.74 Å². The molecule has 2 aliphatic heterocycles. The quantitative estimate of drug-likeness (QED) is 0.922. The van der Waals surface area contributed by atoms with Gasteiger partial charge in [-0.15, -0.1) is 0 Å². The van der Waals surface area contributed by atoms with E-state index >= 15 is 0 Å². The molecule has 1 N–H and O–H groups in total. The predicted octanol–water partition coefficient (Wildman–Crippen LogP) is 2.51. The van der Waals surface area contributed by atoms with E-state index in [-0.39, 0.29) is 0 Å². The lowest BCUT2D eigenvalue weighted by Crippen LogP contribution is -2.40. The molecule has 2 bridgehead atoms. The van der Waals surface area contributed by atoms with Crippen LogP contribution in [0.2, 0.25) is 0 Å². The highest BCUT2D eigenvalue weighted by molar-refractivity contribution is 8.00. The Morgan fingerprint density at radius 2 is 1.95 bits per heavy atom. The molecule has 0 spiro atoms. The minimum atomic E-state index is -0.744. The number of fused-ring (bicyclic) bond motifs is 2. The summed E-state index contributed by atoms with van der Waals surface area (Å²) in [7, 11) is 0. The van der Waals surface area contributed by atoms with Gasteiger partial charge in [0.05, 0.1) is 12.2 Å². The fourth-order valence-electron chi connectivity index (χ4n) is 3.11. The first-order valence-electron chi connectivity index (χ1n) is 7.03. The van der Waals surface area contributed by atoms with Gasteiger partial charge in [0.15, 0.2) is 0 Å². The molecule has 1 aromatic rings. The van der Waals surface area contributed by atoms with Crippen LogP contribution in [0.5, 0.6) is 6.01 Å². The van der Waals surface area contributed by atoms with E-state index in [0.717, 1.165) is 18.4 Å². The summed E-state index contributed by atoms with van der Waals surface area (Å²) in [5.74, 6) is 0. The van der Waals surface area contributed by atoms with E-state index in [1.807, 2.05) is 6.92 Å². The van der Waals surface area contributed by atoms with Gasteiger partial charge in [0.25, 0.3) is 0 Å². The summed E-state index contributed by atoms with van der Waals surface area (Å²) in [5, 5.41) is 12.1. The Hall–Kier alpha value is -0.810. The van der Waals surface area contributed by atoms with Crippen LogP contribution in [0.1, 0.15) is 44.6 Å². The monoisotopic (exact) mass is 280 g/mol. The van der Waals surface area contributed by atoms with Crippen LogP contribution in [0, 0.1) is 0 Å². The second-order valence-corrected chi connectivity index (χ2v) is 7.04. The van der Waals surface area contributed by atoms with Crippen LogP contribution >= 0.6 is 11.8 Å². The second kappa shape index (κ2) is 5.29. The van der Waals surface area contributed by atoms with Crippen molar-refractivity contribution in [1.29, 1.82) is 0 Å². The van der Waals surface area contributed by atoms with Crippen molar-refractivity contribution in [3.8, 4) is 6.01 Å². The number of aliphatic hydroxyl groups is 1. The molecular weight excluding hydrogens is 260 g/mol. The molecule has 4 nitrogen and oxygen atoms in total. The van der Waals surface area contributed by atoms with Crippen molar-refractivity contribution in [3.05, 3.63) is 18.0 Å². The van der Waals surface area contributed by atoms with Crippen molar-refractivity contribution in [2.75, 3.05) is 6.61 Å². The molecule has 3 heterocycles. The molecule has 5 heteroatoms. The maximum atomic E-state index is 10.9. The zero-order valence-corrected chi connectivity index (χ0v) is 12.0. The Labute approximate surface area is 118 Å². The molecule has 0 radical (unpaired) electrons. The van der Waals surface area contributed by atoms with Crippen LogP contribution in [0.25, 0.3) is 0 Å². The molecule has 2 aliphatic rings. The summed E-state index contributed by atoms with van der Waals surface area (Å²) in [5.41, 5.74) is 0.0966. The summed E-state index contributed by atoms with van der Waals surface area (Å²) in [4.78, 5) is 8.37. The summed E-state index contributed by atoms with van der Waals surface area (Å²) < 4.78 is 5.25. The molecule has 2 unspecified atom stereocenters. The largest absolute Gasteiger partial charge is 0.464 e. The SMILES string of the molecule is CCOc1ncc(C2(O)CC3CCCC(C2)S3)cn1. The van der Waals surface area contributed by atoms with Crippen molar-refractivity contribution < 1.29 is 9.84 Å². The molecule has 104 valence electrons. The second-order valence-electron chi connectivity index (χ2n) is 5.44. The Bertz CT molecular complexity index is 426. The zero-order chi connectivity index (χ0) is 13.3. The van der Waals surface area contributed by atoms with Crippen molar-refractivity contribution in [2.45, 2.75) is 55.1 Å². The van der Waals surface area contributed by atoms with Crippen molar-refractivity contribution in [2.24, 2.45) is 0 Å². The fourth-order valence-corrected chi connectivity index (χ4v) is 5.01. The third kappa shape index (κ3) is 2.72. The number of hydrogen-bond donors (Lipinski definition) is 1. The van der Waals surface area contributed by atoms with Crippen molar-refractivity contribution in [3.63, 3.8) is 0 Å². The highest BCUT2D eigenvalue weighted by atomic mass is 32.2. The van der Waals surface area contributed by atoms with Gasteiger partial charge < -0.3 is 9.84 Å². The molecule has 2 atom stereocenters. The lowest BCUT2D eigenvalue weighted by molar-refractivity contribution is 0.00736. The van der Waals surface area contributed by atoms with Gasteiger partial charge in [0.1, 0.15) is 0 Å². The van der Waals surface area contributed by atoms with E-state index in [1.54, 1.807) is 12.4 Å². The summed E-state index contributed by atoms with van der Waals surface area (Å²) in [6, 6.07) is 0.389. The van der Waals surface area contributed by atoms with Gasteiger partial charge in [-0.1, -0.05) is 6.42 Å². The first-order valence-corrected chi connectivity index (χ1v) is 7.97. The van der Waals surface area contributed by atoms with E-state index in [2.05, 4.69) is 21.7 Å². The molecule has 0 aliphatic carbocycles. The molecule has 3 rings (SSSR count). The maximum absolute atomic E-state index is 10.9. The van der Waals surface area contributed by atoms with Gasteiger partial charge in [-0.25, -0.2) is 9.97 Å². The Balaban J connectivity index is 1.79. The molecule has 0 saturated carbocycles. The van der Waals surface area contributed by atoms with Crippen LogP contribution in [0.3, 0.4) is 0 Å². The maximum Gasteiger partial charge on any atom is 0.316 e. The van der Waals surface area contributed by atoms with Gasteiger partial charge >= 0.3 is 6.01 Å². The third-order valence-corrected chi connectivity index (χ3v) is 5.58. The van der Waals surface area contributed by atoms with Crippen molar-refractivity contribution in [1.82, 2.24) is 9.97 Å². The van der Waals surface area contributed by atoms with E-state index in [9.17, 15) is 5.11 Å². The molecule has 0 aromatic carbocycles. The number of nitrogens with zero attached hydrogens (tertiary/aromatic N) is 2. The van der Waals surface area contributed by atoms with Crippen molar-refractivity contribution >= 4 is 11.8 Å². The van der Waals surface area contributed by atoms with E-state index in [0.29, 0.717) is 23.1 Å². The molecule has 19 heavy (non-hydrogen) atoms. The highest BCUT2D eigenvalue weighted by Gasteiger charge is 2.42. The first kappa shape index (κ1) is 13.2. The standard InChI is InChI=1S/C14H20N2O2S/c1-2-18-13-15-8-10(9-16-13)14(17)6-11-4-3-5-12(7-14)19-11/h8-9,11-12,17H,2-7H2,1H3. The minimum Gasteiger partial charge on any atom is -0.464 e. The Kier molecular flexibility index (Phi) is 3.67. The molecular formula is C14H20N2O2S. The minimum absolute atomic E-state index is 0.389. The molecule has 2 saturated heterocycles. The third-order valence-electron chi connectivity index (χ3n) is 4.01. The number of aromatic nitrogens is 2. The van der Waals surface area contributed by atoms with Crippen LogP contribution in [0.15, 0.2) is 12.4 Å². The zero-order valence-electron chi connectivity index (χ0n) is 11.2. The molecule has 1 aromatic heterocycles. The lowest BCUT2D eigenvalue weighted by atomic mass is 9.82. The fraction of sp³-hybridized carbons (Fsp3) is 0.714. The smallest absolute Gasteiger partial charge is 0.316 e. The number of hydrogen-bond acceptors (Lipinski definition) is 5. The van der Waals surface area contributed by atoms with Gasteiger partial charge in [0.2, 0.25) is 0 Å². The Morgan fingerprint density at radius 3 is 2.53 bits per heavy atom. The first-order chi connectivity index (χ1) is 9.19.